The number of carbonyl (C=O) groups is 1. The van der Waals surface area contributed by atoms with Crippen LogP contribution < -0.4 is 0 Å². The maximum absolute atomic E-state index is 13.0. The molecule has 7 nitrogen and oxygen atoms in total. The highest BCUT2D eigenvalue weighted by atomic mass is 16.2. The number of likely N-dealkylation sites (tertiary alicyclic amines) is 1. The Labute approximate surface area is 158 Å². The molecule has 0 radical (unpaired) electrons. The van der Waals surface area contributed by atoms with Crippen LogP contribution in [0.2, 0.25) is 0 Å². The van der Waals surface area contributed by atoms with E-state index in [0.29, 0.717) is 23.0 Å². The summed E-state index contributed by atoms with van der Waals surface area (Å²) in [5.74, 6) is 1.04. The van der Waals surface area contributed by atoms with Crippen molar-refractivity contribution in [2.24, 2.45) is 5.92 Å². The van der Waals surface area contributed by atoms with Gasteiger partial charge >= 0.3 is 0 Å². The van der Waals surface area contributed by atoms with Crippen molar-refractivity contribution in [3.63, 3.8) is 0 Å². The average molecular weight is 362 g/mol. The summed E-state index contributed by atoms with van der Waals surface area (Å²) < 4.78 is 2.08. The third kappa shape index (κ3) is 3.86. The smallest absolute Gasteiger partial charge is 0.257 e. The minimum Gasteiger partial charge on any atom is -0.338 e. The lowest BCUT2D eigenvalue weighted by Gasteiger charge is -2.33. The molecular weight excluding hydrogens is 340 g/mol. The third-order valence-electron chi connectivity index (χ3n) is 4.96. The van der Waals surface area contributed by atoms with Gasteiger partial charge in [0, 0.05) is 56.2 Å². The van der Waals surface area contributed by atoms with Crippen LogP contribution in [-0.4, -0.2) is 48.4 Å². The Morgan fingerprint density at radius 3 is 2.93 bits per heavy atom. The molecule has 1 aliphatic heterocycles. The molecule has 138 valence electrons. The van der Waals surface area contributed by atoms with Crippen LogP contribution in [0, 0.1) is 12.8 Å². The van der Waals surface area contributed by atoms with Crippen molar-refractivity contribution in [1.29, 1.82) is 0 Å². The molecule has 4 heterocycles. The second-order valence-electron chi connectivity index (χ2n) is 6.95. The zero-order valence-electron chi connectivity index (χ0n) is 15.3. The monoisotopic (exact) mass is 362 g/mol. The van der Waals surface area contributed by atoms with Crippen LogP contribution in [0.5, 0.6) is 0 Å². The molecule has 1 saturated heterocycles. The Morgan fingerprint density at radius 1 is 1.26 bits per heavy atom. The first-order chi connectivity index (χ1) is 13.2. The number of amides is 1. The number of imidazole rings is 1. The van der Waals surface area contributed by atoms with E-state index in [1.165, 1.54) is 0 Å². The van der Waals surface area contributed by atoms with Crippen molar-refractivity contribution >= 4 is 5.91 Å². The highest BCUT2D eigenvalue weighted by Crippen LogP contribution is 2.22. The number of piperidine rings is 1. The summed E-state index contributed by atoms with van der Waals surface area (Å²) in [6.07, 6.45) is 12.8. The lowest BCUT2D eigenvalue weighted by molar-refractivity contribution is 0.0660. The lowest BCUT2D eigenvalue weighted by Crippen LogP contribution is -2.41. The van der Waals surface area contributed by atoms with Crippen molar-refractivity contribution in [2.75, 3.05) is 13.1 Å². The molecular formula is C20H22N6O. The van der Waals surface area contributed by atoms with Gasteiger partial charge in [0.25, 0.3) is 5.91 Å². The van der Waals surface area contributed by atoms with E-state index in [-0.39, 0.29) is 5.91 Å². The highest BCUT2D eigenvalue weighted by molar-refractivity contribution is 5.95. The fourth-order valence-electron chi connectivity index (χ4n) is 3.57. The van der Waals surface area contributed by atoms with Gasteiger partial charge in [0.15, 0.2) is 5.82 Å². The fourth-order valence-corrected chi connectivity index (χ4v) is 3.57. The highest BCUT2D eigenvalue weighted by Gasteiger charge is 2.26. The van der Waals surface area contributed by atoms with Crippen molar-refractivity contribution < 1.29 is 4.79 Å². The van der Waals surface area contributed by atoms with Gasteiger partial charge < -0.3 is 9.47 Å². The molecule has 4 rings (SSSR count). The van der Waals surface area contributed by atoms with E-state index in [2.05, 4.69) is 24.5 Å². The summed E-state index contributed by atoms with van der Waals surface area (Å²) in [4.78, 5) is 32.1. The predicted octanol–water partition coefficient (Wildman–Crippen LogP) is 2.60. The van der Waals surface area contributed by atoms with Gasteiger partial charge in [-0.1, -0.05) is 0 Å². The van der Waals surface area contributed by atoms with E-state index in [1.54, 1.807) is 24.8 Å². The van der Waals surface area contributed by atoms with Crippen molar-refractivity contribution in [3.8, 4) is 11.4 Å². The molecule has 3 aromatic heterocycles. The quantitative estimate of drug-likeness (QED) is 0.713. The Morgan fingerprint density at radius 2 is 2.19 bits per heavy atom. The van der Waals surface area contributed by atoms with Gasteiger partial charge in [-0.05, 0) is 37.8 Å². The topological polar surface area (TPSA) is 76.8 Å². The second-order valence-corrected chi connectivity index (χ2v) is 6.95. The van der Waals surface area contributed by atoms with E-state index in [4.69, 9.17) is 0 Å². The van der Waals surface area contributed by atoms with Gasteiger partial charge in [0.1, 0.15) is 0 Å². The van der Waals surface area contributed by atoms with E-state index in [1.807, 2.05) is 36.5 Å². The summed E-state index contributed by atoms with van der Waals surface area (Å²) in [6.45, 7) is 4.28. The summed E-state index contributed by atoms with van der Waals surface area (Å²) in [6, 6.07) is 3.76. The van der Waals surface area contributed by atoms with Crippen molar-refractivity contribution in [2.45, 2.75) is 26.3 Å². The van der Waals surface area contributed by atoms with Crippen molar-refractivity contribution in [1.82, 2.24) is 29.4 Å². The van der Waals surface area contributed by atoms with Gasteiger partial charge in [-0.3, -0.25) is 9.78 Å². The minimum absolute atomic E-state index is 0.0144. The Kier molecular flexibility index (Phi) is 4.91. The second kappa shape index (κ2) is 7.65. The Bertz CT molecular complexity index is 909. The number of carbonyl (C=O) groups excluding carboxylic acids is 1. The van der Waals surface area contributed by atoms with Gasteiger partial charge in [0.05, 0.1) is 17.6 Å². The molecule has 0 unspecified atom stereocenters. The van der Waals surface area contributed by atoms with E-state index < -0.39 is 0 Å². The van der Waals surface area contributed by atoms with Gasteiger partial charge in [-0.15, -0.1) is 0 Å². The number of rotatable bonds is 4. The molecule has 1 amide bonds. The van der Waals surface area contributed by atoms with E-state index >= 15 is 0 Å². The van der Waals surface area contributed by atoms with Gasteiger partial charge in [-0.25, -0.2) is 15.0 Å². The molecule has 1 atom stereocenters. The summed E-state index contributed by atoms with van der Waals surface area (Å²) >= 11 is 0. The average Bonchev–Trinajstić information content (AvgIpc) is 3.21. The zero-order chi connectivity index (χ0) is 18.6. The molecule has 0 N–H and O–H groups in total. The zero-order valence-corrected chi connectivity index (χ0v) is 15.3. The van der Waals surface area contributed by atoms with Crippen LogP contribution in [0.4, 0.5) is 0 Å². The molecule has 0 bridgehead atoms. The summed E-state index contributed by atoms with van der Waals surface area (Å²) in [7, 11) is 0. The van der Waals surface area contributed by atoms with Crippen LogP contribution in [0.3, 0.4) is 0 Å². The maximum atomic E-state index is 13.0. The number of aromatic nitrogens is 5. The first-order valence-corrected chi connectivity index (χ1v) is 9.20. The van der Waals surface area contributed by atoms with Crippen LogP contribution >= 0.6 is 0 Å². The fraction of sp³-hybridized carbons (Fsp3) is 0.350. The molecule has 1 fully saturated rings. The molecule has 7 heteroatoms. The lowest BCUT2D eigenvalue weighted by atomic mass is 9.97. The molecule has 3 aromatic rings. The number of aryl methyl sites for hydroxylation is 1. The number of hydrogen-bond donors (Lipinski definition) is 0. The van der Waals surface area contributed by atoms with Crippen LogP contribution in [0.1, 0.15) is 28.9 Å². The largest absolute Gasteiger partial charge is 0.338 e. The number of hydrogen-bond acceptors (Lipinski definition) is 5. The number of nitrogens with zero attached hydrogens (tertiary/aromatic N) is 6. The molecule has 27 heavy (non-hydrogen) atoms. The van der Waals surface area contributed by atoms with Gasteiger partial charge in [-0.2, -0.15) is 0 Å². The molecule has 0 saturated carbocycles. The van der Waals surface area contributed by atoms with Crippen LogP contribution in [0.15, 0.2) is 49.4 Å². The van der Waals surface area contributed by atoms with Crippen molar-refractivity contribution in [3.05, 3.63) is 60.7 Å². The van der Waals surface area contributed by atoms with Crippen LogP contribution in [0.25, 0.3) is 11.4 Å². The Balaban J connectivity index is 1.48. The maximum Gasteiger partial charge on any atom is 0.257 e. The first kappa shape index (κ1) is 17.3. The SMILES string of the molecule is Cc1nc(-c2cccnc2)ncc1C(=O)N1CCC[C@H](Cn2ccnc2)C1. The molecule has 1 aliphatic rings. The molecule has 0 spiro atoms. The summed E-state index contributed by atoms with van der Waals surface area (Å²) in [5.41, 5.74) is 2.12. The Hall–Kier alpha value is -3.09. The molecule has 0 aliphatic carbocycles. The number of pyridine rings is 1. The third-order valence-corrected chi connectivity index (χ3v) is 4.96. The summed E-state index contributed by atoms with van der Waals surface area (Å²) in [5, 5.41) is 0. The molecule has 0 aromatic carbocycles. The standard InChI is InChI=1S/C20H22N6O/c1-15-18(11-23-19(24-15)17-5-2-6-21-10-17)20(27)26-8-3-4-16(13-26)12-25-9-7-22-14-25/h2,5-7,9-11,14,16H,3-4,8,12-13H2,1H3/t16-/m1/s1. The van der Waals surface area contributed by atoms with E-state index in [0.717, 1.165) is 38.0 Å². The minimum atomic E-state index is 0.0144. The van der Waals surface area contributed by atoms with Crippen LogP contribution in [-0.2, 0) is 6.54 Å². The van der Waals surface area contributed by atoms with Gasteiger partial charge in [0.2, 0.25) is 0 Å². The van der Waals surface area contributed by atoms with E-state index in [9.17, 15) is 4.79 Å². The predicted molar refractivity (Wildman–Crippen MR) is 101 cm³/mol. The normalized spacial score (nSPS) is 17.1. The first-order valence-electron chi connectivity index (χ1n) is 9.20.